The molecule has 0 saturated carbocycles. The van der Waals surface area contributed by atoms with Crippen LogP contribution in [-0.2, 0) is 11.3 Å². The van der Waals surface area contributed by atoms with Crippen molar-refractivity contribution in [1.29, 1.82) is 0 Å². The molecule has 0 spiro atoms. The molecule has 0 unspecified atom stereocenters. The van der Waals surface area contributed by atoms with Crippen LogP contribution in [-0.4, -0.2) is 17.1 Å². The molecular formula is C12H11N3OS3. The van der Waals surface area contributed by atoms with Gasteiger partial charge in [-0.2, -0.15) is 0 Å². The van der Waals surface area contributed by atoms with Crippen LogP contribution < -0.4 is 5.73 Å². The van der Waals surface area contributed by atoms with Gasteiger partial charge in [0.2, 0.25) is 0 Å². The number of nitrogens with zero attached hydrogens (tertiary/aromatic N) is 2. The van der Waals surface area contributed by atoms with Gasteiger partial charge in [-0.05, 0) is 11.4 Å². The molecule has 0 fully saturated rings. The number of nitrogens with two attached hydrogens (primary N) is 1. The molecule has 0 aliphatic carbocycles. The smallest absolute Gasteiger partial charge is 0.180 e. The Bertz CT molecular complexity index is 672. The molecule has 0 saturated heterocycles. The first-order valence-electron chi connectivity index (χ1n) is 5.52. The van der Waals surface area contributed by atoms with Gasteiger partial charge in [0.05, 0.1) is 27.7 Å². The highest BCUT2D eigenvalue weighted by Gasteiger charge is 2.16. The van der Waals surface area contributed by atoms with E-state index in [-0.39, 0.29) is 0 Å². The van der Waals surface area contributed by atoms with Gasteiger partial charge in [-0.25, -0.2) is 9.97 Å². The Morgan fingerprint density at radius 1 is 1.32 bits per heavy atom. The van der Waals surface area contributed by atoms with E-state index in [1.165, 1.54) is 11.3 Å². The van der Waals surface area contributed by atoms with Crippen molar-refractivity contribution in [2.45, 2.75) is 6.61 Å². The Labute approximate surface area is 122 Å². The van der Waals surface area contributed by atoms with Gasteiger partial charge in [-0.1, -0.05) is 6.07 Å². The Kier molecular flexibility index (Phi) is 3.61. The molecule has 0 aliphatic heterocycles. The second kappa shape index (κ2) is 5.38. The molecule has 3 heterocycles. The predicted molar refractivity (Wildman–Crippen MR) is 81.7 cm³/mol. The maximum atomic E-state index is 5.70. The van der Waals surface area contributed by atoms with Gasteiger partial charge in [0.25, 0.3) is 0 Å². The summed E-state index contributed by atoms with van der Waals surface area (Å²) in [6.45, 7) is 0.481. The summed E-state index contributed by atoms with van der Waals surface area (Å²) in [7, 11) is 1.67. The van der Waals surface area contributed by atoms with Gasteiger partial charge in [-0.15, -0.1) is 34.0 Å². The fraction of sp³-hybridized carbons (Fsp3) is 0.167. The summed E-state index contributed by atoms with van der Waals surface area (Å²) in [5, 5.41) is 5.58. The van der Waals surface area contributed by atoms with E-state index in [4.69, 9.17) is 10.5 Å². The molecule has 0 atom stereocenters. The number of ether oxygens (including phenoxy) is 1. The van der Waals surface area contributed by atoms with Crippen molar-refractivity contribution in [3.05, 3.63) is 28.6 Å². The molecule has 0 radical (unpaired) electrons. The van der Waals surface area contributed by atoms with Gasteiger partial charge in [0, 0.05) is 12.5 Å². The normalized spacial score (nSPS) is 11.0. The maximum absolute atomic E-state index is 5.70. The van der Waals surface area contributed by atoms with Crippen molar-refractivity contribution in [3.63, 3.8) is 0 Å². The van der Waals surface area contributed by atoms with Crippen molar-refractivity contribution in [2.24, 2.45) is 0 Å². The lowest BCUT2D eigenvalue weighted by Gasteiger charge is -1.96. The maximum Gasteiger partial charge on any atom is 0.180 e. The number of hydrogen-bond donors (Lipinski definition) is 1. The SMILES string of the molecule is COCc1nc(-c2cccs2)sc1-c1csc(N)n1. The molecule has 7 heteroatoms. The zero-order valence-electron chi connectivity index (χ0n) is 10.1. The molecule has 2 N–H and O–H groups in total. The summed E-state index contributed by atoms with van der Waals surface area (Å²) in [6, 6.07) is 4.09. The highest BCUT2D eigenvalue weighted by molar-refractivity contribution is 7.23. The molecular weight excluding hydrogens is 298 g/mol. The van der Waals surface area contributed by atoms with Gasteiger partial charge in [0.15, 0.2) is 5.13 Å². The second-order valence-electron chi connectivity index (χ2n) is 3.78. The lowest BCUT2D eigenvalue weighted by Crippen LogP contribution is -1.91. The zero-order valence-corrected chi connectivity index (χ0v) is 12.6. The van der Waals surface area contributed by atoms with Crippen LogP contribution in [0.1, 0.15) is 5.69 Å². The summed E-state index contributed by atoms with van der Waals surface area (Å²) in [6.07, 6.45) is 0. The first kappa shape index (κ1) is 12.7. The first-order valence-corrected chi connectivity index (χ1v) is 8.09. The zero-order chi connectivity index (χ0) is 13.2. The third-order valence-corrected chi connectivity index (χ3v) is 5.30. The molecule has 98 valence electrons. The standard InChI is InChI=1S/C12H11N3OS3/c1-16-5-7-10(8-6-18-12(13)15-8)19-11(14-7)9-3-2-4-17-9/h2-4,6H,5H2,1H3,(H2,13,15). The summed E-state index contributed by atoms with van der Waals surface area (Å²) in [5.74, 6) is 0. The Balaban J connectivity index is 2.07. The number of anilines is 1. The molecule has 0 aromatic carbocycles. The highest BCUT2D eigenvalue weighted by atomic mass is 32.1. The summed E-state index contributed by atoms with van der Waals surface area (Å²) >= 11 is 4.75. The van der Waals surface area contributed by atoms with E-state index in [0.717, 1.165) is 26.1 Å². The van der Waals surface area contributed by atoms with E-state index in [0.29, 0.717) is 11.7 Å². The number of aromatic nitrogens is 2. The van der Waals surface area contributed by atoms with Crippen molar-refractivity contribution >= 4 is 39.1 Å². The number of thiophene rings is 1. The quantitative estimate of drug-likeness (QED) is 0.798. The minimum Gasteiger partial charge on any atom is -0.378 e. The molecule has 0 bridgehead atoms. The number of thiazole rings is 2. The monoisotopic (exact) mass is 309 g/mol. The highest BCUT2D eigenvalue weighted by Crippen LogP contribution is 2.38. The first-order chi connectivity index (χ1) is 9.28. The average molecular weight is 309 g/mol. The second-order valence-corrected chi connectivity index (χ2v) is 6.61. The van der Waals surface area contributed by atoms with Crippen molar-refractivity contribution in [2.75, 3.05) is 12.8 Å². The third kappa shape index (κ3) is 2.55. The summed E-state index contributed by atoms with van der Waals surface area (Å²) in [5.41, 5.74) is 7.51. The van der Waals surface area contributed by atoms with Crippen LogP contribution in [0.15, 0.2) is 22.9 Å². The molecule has 4 nitrogen and oxygen atoms in total. The number of hydrogen-bond acceptors (Lipinski definition) is 7. The van der Waals surface area contributed by atoms with Crippen LogP contribution in [0.25, 0.3) is 20.5 Å². The van der Waals surface area contributed by atoms with E-state index in [2.05, 4.69) is 16.0 Å². The average Bonchev–Trinajstić information content (AvgIpc) is 3.08. The van der Waals surface area contributed by atoms with Crippen LogP contribution in [0, 0.1) is 0 Å². The molecule has 3 aromatic heterocycles. The van der Waals surface area contributed by atoms with E-state index in [1.54, 1.807) is 29.8 Å². The topological polar surface area (TPSA) is 61.0 Å². The molecule has 3 rings (SSSR count). The van der Waals surface area contributed by atoms with E-state index in [1.807, 2.05) is 16.8 Å². The van der Waals surface area contributed by atoms with Crippen molar-refractivity contribution in [3.8, 4) is 20.5 Å². The summed E-state index contributed by atoms with van der Waals surface area (Å²) in [4.78, 5) is 11.2. The fourth-order valence-corrected chi connectivity index (χ4v) is 4.14. The van der Waals surface area contributed by atoms with Crippen molar-refractivity contribution in [1.82, 2.24) is 9.97 Å². The van der Waals surface area contributed by atoms with Crippen LogP contribution in [0.5, 0.6) is 0 Å². The molecule has 3 aromatic rings. The Morgan fingerprint density at radius 3 is 2.84 bits per heavy atom. The predicted octanol–water partition coefficient (Wildman–Crippen LogP) is 3.72. The van der Waals surface area contributed by atoms with Crippen LogP contribution in [0.3, 0.4) is 0 Å². The fourth-order valence-electron chi connectivity index (χ4n) is 1.68. The molecule has 19 heavy (non-hydrogen) atoms. The van der Waals surface area contributed by atoms with E-state index >= 15 is 0 Å². The Morgan fingerprint density at radius 2 is 2.21 bits per heavy atom. The molecule has 0 amide bonds. The summed E-state index contributed by atoms with van der Waals surface area (Å²) < 4.78 is 5.22. The lowest BCUT2D eigenvalue weighted by atomic mass is 10.3. The van der Waals surface area contributed by atoms with E-state index < -0.39 is 0 Å². The van der Waals surface area contributed by atoms with Gasteiger partial charge in [0.1, 0.15) is 5.01 Å². The van der Waals surface area contributed by atoms with Crippen LogP contribution >= 0.6 is 34.0 Å². The minimum absolute atomic E-state index is 0.481. The molecule has 0 aliphatic rings. The number of methoxy groups -OCH3 is 1. The minimum atomic E-state index is 0.481. The lowest BCUT2D eigenvalue weighted by molar-refractivity contribution is 0.182. The Hall–Kier alpha value is -1.28. The van der Waals surface area contributed by atoms with Gasteiger partial charge < -0.3 is 10.5 Å². The van der Waals surface area contributed by atoms with E-state index in [9.17, 15) is 0 Å². The number of nitrogen functional groups attached to an aromatic ring is 1. The third-order valence-electron chi connectivity index (χ3n) is 2.46. The van der Waals surface area contributed by atoms with Gasteiger partial charge in [-0.3, -0.25) is 0 Å². The van der Waals surface area contributed by atoms with Crippen molar-refractivity contribution < 1.29 is 4.74 Å². The van der Waals surface area contributed by atoms with Gasteiger partial charge >= 0.3 is 0 Å². The largest absolute Gasteiger partial charge is 0.378 e. The number of rotatable bonds is 4. The van der Waals surface area contributed by atoms with Crippen LogP contribution in [0.2, 0.25) is 0 Å². The van der Waals surface area contributed by atoms with Crippen LogP contribution in [0.4, 0.5) is 5.13 Å².